The SMILES string of the molecule is COC(=O)c1ccc(NC(=O)c2cn3c(C)cccc3n2)cc1. The number of pyridine rings is 1. The highest BCUT2D eigenvalue weighted by molar-refractivity contribution is 6.03. The van der Waals surface area contributed by atoms with Crippen molar-refractivity contribution in [2.45, 2.75) is 6.92 Å². The van der Waals surface area contributed by atoms with Crippen molar-refractivity contribution in [3.05, 3.63) is 65.6 Å². The molecule has 6 nitrogen and oxygen atoms in total. The summed E-state index contributed by atoms with van der Waals surface area (Å²) in [6.07, 6.45) is 1.70. The number of benzene rings is 1. The van der Waals surface area contributed by atoms with Gasteiger partial charge >= 0.3 is 5.97 Å². The number of carbonyl (C=O) groups excluding carboxylic acids is 2. The second-order valence-corrected chi connectivity index (χ2v) is 5.04. The van der Waals surface area contributed by atoms with E-state index in [4.69, 9.17) is 0 Å². The first kappa shape index (κ1) is 14.8. The maximum absolute atomic E-state index is 12.3. The number of rotatable bonds is 3. The molecule has 23 heavy (non-hydrogen) atoms. The normalized spacial score (nSPS) is 10.5. The van der Waals surface area contributed by atoms with E-state index in [9.17, 15) is 9.59 Å². The molecule has 0 saturated heterocycles. The molecule has 116 valence electrons. The molecule has 3 aromatic rings. The number of esters is 1. The summed E-state index contributed by atoms with van der Waals surface area (Å²) in [4.78, 5) is 28.0. The summed E-state index contributed by atoms with van der Waals surface area (Å²) >= 11 is 0. The average Bonchev–Trinajstić information content (AvgIpc) is 3.00. The molecule has 0 aliphatic heterocycles. The number of hydrogen-bond acceptors (Lipinski definition) is 4. The lowest BCUT2D eigenvalue weighted by Crippen LogP contribution is -2.12. The maximum Gasteiger partial charge on any atom is 0.337 e. The van der Waals surface area contributed by atoms with Crippen molar-refractivity contribution >= 4 is 23.2 Å². The molecular weight excluding hydrogens is 294 g/mol. The first-order valence-corrected chi connectivity index (χ1v) is 7.03. The van der Waals surface area contributed by atoms with Gasteiger partial charge in [0.2, 0.25) is 0 Å². The number of fused-ring (bicyclic) bond motifs is 1. The van der Waals surface area contributed by atoms with Crippen LogP contribution in [0.3, 0.4) is 0 Å². The van der Waals surface area contributed by atoms with E-state index in [1.54, 1.807) is 30.5 Å². The highest BCUT2D eigenvalue weighted by Gasteiger charge is 2.12. The van der Waals surface area contributed by atoms with E-state index in [-0.39, 0.29) is 5.91 Å². The molecule has 0 unspecified atom stereocenters. The summed E-state index contributed by atoms with van der Waals surface area (Å²) in [6.45, 7) is 1.95. The number of nitrogens with one attached hydrogen (secondary N) is 1. The number of ether oxygens (including phenoxy) is 1. The highest BCUT2D eigenvalue weighted by Crippen LogP contribution is 2.13. The van der Waals surface area contributed by atoms with Gasteiger partial charge < -0.3 is 14.5 Å². The minimum atomic E-state index is -0.418. The molecule has 0 atom stereocenters. The predicted molar refractivity (Wildman–Crippen MR) is 85.7 cm³/mol. The van der Waals surface area contributed by atoms with Gasteiger partial charge in [-0.25, -0.2) is 9.78 Å². The van der Waals surface area contributed by atoms with Crippen molar-refractivity contribution in [3.8, 4) is 0 Å². The fraction of sp³-hybridized carbons (Fsp3) is 0.118. The van der Waals surface area contributed by atoms with Crippen molar-refractivity contribution in [1.29, 1.82) is 0 Å². The Balaban J connectivity index is 1.80. The van der Waals surface area contributed by atoms with Crippen LogP contribution in [0.1, 0.15) is 26.5 Å². The third-order valence-corrected chi connectivity index (χ3v) is 3.49. The minimum absolute atomic E-state index is 0.307. The molecule has 3 rings (SSSR count). The largest absolute Gasteiger partial charge is 0.465 e. The van der Waals surface area contributed by atoms with Crippen LogP contribution in [0, 0.1) is 6.92 Å². The molecule has 1 aromatic carbocycles. The Labute approximate surface area is 132 Å². The molecule has 2 heterocycles. The van der Waals surface area contributed by atoms with Gasteiger partial charge in [-0.3, -0.25) is 4.79 Å². The fourth-order valence-electron chi connectivity index (χ4n) is 2.26. The molecular formula is C17H15N3O3. The summed E-state index contributed by atoms with van der Waals surface area (Å²) in [5.41, 5.74) is 3.05. The molecule has 2 aromatic heterocycles. The lowest BCUT2D eigenvalue weighted by atomic mass is 10.2. The van der Waals surface area contributed by atoms with Crippen LogP contribution in [0.25, 0.3) is 5.65 Å². The zero-order valence-electron chi connectivity index (χ0n) is 12.7. The van der Waals surface area contributed by atoms with Crippen molar-refractivity contribution < 1.29 is 14.3 Å². The van der Waals surface area contributed by atoms with Gasteiger partial charge in [0.15, 0.2) is 0 Å². The molecule has 0 fully saturated rings. The first-order valence-electron chi connectivity index (χ1n) is 7.03. The first-order chi connectivity index (χ1) is 11.1. The molecule has 0 saturated carbocycles. The third-order valence-electron chi connectivity index (χ3n) is 3.49. The number of carbonyl (C=O) groups is 2. The smallest absolute Gasteiger partial charge is 0.337 e. The number of anilines is 1. The van der Waals surface area contributed by atoms with Crippen LogP contribution in [-0.4, -0.2) is 28.4 Å². The van der Waals surface area contributed by atoms with E-state index in [0.717, 1.165) is 11.3 Å². The number of nitrogens with zero attached hydrogens (tertiary/aromatic N) is 2. The van der Waals surface area contributed by atoms with Crippen molar-refractivity contribution in [1.82, 2.24) is 9.38 Å². The van der Waals surface area contributed by atoms with Gasteiger partial charge in [-0.05, 0) is 43.3 Å². The number of aryl methyl sites for hydroxylation is 1. The van der Waals surface area contributed by atoms with E-state index in [1.807, 2.05) is 29.5 Å². The van der Waals surface area contributed by atoms with Crippen molar-refractivity contribution in [3.63, 3.8) is 0 Å². The van der Waals surface area contributed by atoms with E-state index in [2.05, 4.69) is 15.0 Å². The van der Waals surface area contributed by atoms with Crippen LogP contribution in [0.4, 0.5) is 5.69 Å². The summed E-state index contributed by atoms with van der Waals surface area (Å²) in [6, 6.07) is 12.2. The van der Waals surface area contributed by atoms with E-state index in [0.29, 0.717) is 16.9 Å². The standard InChI is InChI=1S/C17H15N3O3/c1-11-4-3-5-15-19-14(10-20(11)15)16(21)18-13-8-6-12(7-9-13)17(22)23-2/h3-10H,1-2H3,(H,18,21). The van der Waals surface area contributed by atoms with Gasteiger partial charge in [0.25, 0.3) is 5.91 Å². The summed E-state index contributed by atoms with van der Waals surface area (Å²) in [5, 5.41) is 2.76. The molecule has 0 aliphatic carbocycles. The number of imidazole rings is 1. The second-order valence-electron chi connectivity index (χ2n) is 5.04. The molecule has 0 spiro atoms. The Hall–Kier alpha value is -3.15. The summed E-state index contributed by atoms with van der Waals surface area (Å²) < 4.78 is 6.49. The Morgan fingerprint density at radius 1 is 1.13 bits per heavy atom. The quantitative estimate of drug-likeness (QED) is 0.755. The zero-order chi connectivity index (χ0) is 16.4. The molecule has 1 amide bonds. The molecule has 0 bridgehead atoms. The molecule has 1 N–H and O–H groups in total. The van der Waals surface area contributed by atoms with Crippen LogP contribution < -0.4 is 5.32 Å². The van der Waals surface area contributed by atoms with Crippen LogP contribution in [-0.2, 0) is 4.74 Å². The zero-order valence-corrected chi connectivity index (χ0v) is 12.7. The second kappa shape index (κ2) is 5.92. The number of aromatic nitrogens is 2. The highest BCUT2D eigenvalue weighted by atomic mass is 16.5. The van der Waals surface area contributed by atoms with Crippen LogP contribution in [0.2, 0.25) is 0 Å². The van der Waals surface area contributed by atoms with Crippen LogP contribution in [0.15, 0.2) is 48.7 Å². The molecule has 6 heteroatoms. The van der Waals surface area contributed by atoms with Crippen molar-refractivity contribution in [2.75, 3.05) is 12.4 Å². The third kappa shape index (κ3) is 2.91. The van der Waals surface area contributed by atoms with Gasteiger partial charge in [0, 0.05) is 17.6 Å². The molecule has 0 aliphatic rings. The van der Waals surface area contributed by atoms with E-state index >= 15 is 0 Å². The van der Waals surface area contributed by atoms with Crippen LogP contribution >= 0.6 is 0 Å². The van der Waals surface area contributed by atoms with Crippen LogP contribution in [0.5, 0.6) is 0 Å². The van der Waals surface area contributed by atoms with Crippen molar-refractivity contribution in [2.24, 2.45) is 0 Å². The summed E-state index contributed by atoms with van der Waals surface area (Å²) in [5.74, 6) is -0.724. The van der Waals surface area contributed by atoms with E-state index in [1.165, 1.54) is 7.11 Å². The molecule has 0 radical (unpaired) electrons. The average molecular weight is 309 g/mol. The number of hydrogen-bond donors (Lipinski definition) is 1. The lowest BCUT2D eigenvalue weighted by molar-refractivity contribution is 0.0600. The van der Waals surface area contributed by atoms with Gasteiger partial charge in [-0.1, -0.05) is 6.07 Å². The Morgan fingerprint density at radius 3 is 2.52 bits per heavy atom. The monoisotopic (exact) mass is 309 g/mol. The van der Waals surface area contributed by atoms with E-state index < -0.39 is 5.97 Å². The minimum Gasteiger partial charge on any atom is -0.465 e. The van der Waals surface area contributed by atoms with Gasteiger partial charge in [-0.15, -0.1) is 0 Å². The Bertz CT molecular complexity index is 882. The number of amides is 1. The number of methoxy groups -OCH3 is 1. The maximum atomic E-state index is 12.3. The Kier molecular flexibility index (Phi) is 3.80. The Morgan fingerprint density at radius 2 is 1.87 bits per heavy atom. The van der Waals surface area contributed by atoms with Gasteiger partial charge in [0.05, 0.1) is 12.7 Å². The van der Waals surface area contributed by atoms with Gasteiger partial charge in [0.1, 0.15) is 11.3 Å². The fourth-order valence-corrected chi connectivity index (χ4v) is 2.26. The summed E-state index contributed by atoms with van der Waals surface area (Å²) in [7, 11) is 1.32. The van der Waals surface area contributed by atoms with Gasteiger partial charge in [-0.2, -0.15) is 0 Å². The predicted octanol–water partition coefficient (Wildman–Crippen LogP) is 2.68. The lowest BCUT2D eigenvalue weighted by Gasteiger charge is -2.04. The topological polar surface area (TPSA) is 72.7 Å².